The summed E-state index contributed by atoms with van der Waals surface area (Å²) in [5.74, 6) is -0.126. The first kappa shape index (κ1) is 14.9. The highest BCUT2D eigenvalue weighted by molar-refractivity contribution is 6.42. The number of carbonyl (C=O) groups excluding carboxylic acids is 1. The molecule has 0 saturated heterocycles. The molecule has 104 valence electrons. The lowest BCUT2D eigenvalue weighted by Crippen LogP contribution is -2.27. The standard InChI is InChI=1S/C15H14Cl2N2O/c16-13-7-6-12(8-14(13)17)19-15(20)10-18-9-11-4-2-1-3-5-11/h1-8,18H,9-10H2,(H,19,20). The van der Waals surface area contributed by atoms with Gasteiger partial charge in [0.2, 0.25) is 5.91 Å². The molecule has 0 unspecified atom stereocenters. The Bertz CT molecular complexity index is 588. The van der Waals surface area contributed by atoms with Gasteiger partial charge in [-0.05, 0) is 23.8 Å². The van der Waals surface area contributed by atoms with Gasteiger partial charge < -0.3 is 10.6 Å². The molecule has 0 radical (unpaired) electrons. The molecule has 0 atom stereocenters. The van der Waals surface area contributed by atoms with Gasteiger partial charge in [0.05, 0.1) is 16.6 Å². The predicted molar refractivity (Wildman–Crippen MR) is 83.2 cm³/mol. The molecule has 20 heavy (non-hydrogen) atoms. The number of halogens is 2. The average Bonchev–Trinajstić information content (AvgIpc) is 2.44. The van der Waals surface area contributed by atoms with Crippen LogP contribution in [0.2, 0.25) is 10.0 Å². The molecule has 2 N–H and O–H groups in total. The van der Waals surface area contributed by atoms with Crippen LogP contribution in [-0.4, -0.2) is 12.5 Å². The maximum Gasteiger partial charge on any atom is 0.238 e. The maximum absolute atomic E-state index is 11.7. The SMILES string of the molecule is O=C(CNCc1ccccc1)Nc1ccc(Cl)c(Cl)c1. The molecule has 0 heterocycles. The van der Waals surface area contributed by atoms with Crippen molar-refractivity contribution in [3.8, 4) is 0 Å². The van der Waals surface area contributed by atoms with Crippen LogP contribution in [0.3, 0.4) is 0 Å². The van der Waals surface area contributed by atoms with Crippen molar-refractivity contribution in [1.82, 2.24) is 5.32 Å². The lowest BCUT2D eigenvalue weighted by atomic mass is 10.2. The van der Waals surface area contributed by atoms with Crippen molar-refractivity contribution in [2.24, 2.45) is 0 Å². The summed E-state index contributed by atoms with van der Waals surface area (Å²) in [4.78, 5) is 11.7. The van der Waals surface area contributed by atoms with Crippen molar-refractivity contribution >= 4 is 34.8 Å². The zero-order valence-corrected chi connectivity index (χ0v) is 12.2. The molecule has 0 bridgehead atoms. The van der Waals surface area contributed by atoms with Crippen molar-refractivity contribution in [3.63, 3.8) is 0 Å². The largest absolute Gasteiger partial charge is 0.325 e. The molecular weight excluding hydrogens is 295 g/mol. The average molecular weight is 309 g/mol. The second-order valence-electron chi connectivity index (χ2n) is 4.27. The highest BCUT2D eigenvalue weighted by atomic mass is 35.5. The first-order valence-electron chi connectivity index (χ1n) is 6.15. The van der Waals surface area contributed by atoms with Crippen molar-refractivity contribution in [2.75, 3.05) is 11.9 Å². The molecule has 0 spiro atoms. The van der Waals surface area contributed by atoms with E-state index in [0.29, 0.717) is 22.3 Å². The first-order valence-corrected chi connectivity index (χ1v) is 6.90. The van der Waals surface area contributed by atoms with Crippen LogP contribution in [0.25, 0.3) is 0 Å². The van der Waals surface area contributed by atoms with Crippen LogP contribution in [0.1, 0.15) is 5.56 Å². The summed E-state index contributed by atoms with van der Waals surface area (Å²) in [5, 5.41) is 6.71. The topological polar surface area (TPSA) is 41.1 Å². The lowest BCUT2D eigenvalue weighted by Gasteiger charge is -2.07. The van der Waals surface area contributed by atoms with Crippen molar-refractivity contribution in [1.29, 1.82) is 0 Å². The van der Waals surface area contributed by atoms with E-state index in [1.165, 1.54) is 0 Å². The normalized spacial score (nSPS) is 10.3. The van der Waals surface area contributed by atoms with Gasteiger partial charge in [-0.3, -0.25) is 4.79 Å². The van der Waals surface area contributed by atoms with E-state index in [1.54, 1.807) is 18.2 Å². The van der Waals surface area contributed by atoms with Gasteiger partial charge in [0, 0.05) is 12.2 Å². The Morgan fingerprint density at radius 2 is 1.75 bits per heavy atom. The van der Waals surface area contributed by atoms with Gasteiger partial charge in [0.15, 0.2) is 0 Å². The minimum atomic E-state index is -0.126. The van der Waals surface area contributed by atoms with Crippen LogP contribution < -0.4 is 10.6 Å². The van der Waals surface area contributed by atoms with Gasteiger partial charge in [0.25, 0.3) is 0 Å². The molecule has 2 aromatic carbocycles. The third-order valence-electron chi connectivity index (χ3n) is 2.66. The van der Waals surface area contributed by atoms with Crippen LogP contribution >= 0.6 is 23.2 Å². The molecule has 0 aliphatic carbocycles. The Labute approximate surface area is 127 Å². The highest BCUT2D eigenvalue weighted by Crippen LogP contribution is 2.24. The van der Waals surface area contributed by atoms with Gasteiger partial charge in [-0.1, -0.05) is 53.5 Å². The third-order valence-corrected chi connectivity index (χ3v) is 3.40. The highest BCUT2D eigenvalue weighted by Gasteiger charge is 2.04. The van der Waals surface area contributed by atoms with Crippen molar-refractivity contribution < 1.29 is 4.79 Å². The maximum atomic E-state index is 11.7. The van der Waals surface area contributed by atoms with E-state index in [-0.39, 0.29) is 12.5 Å². The molecule has 0 fully saturated rings. The monoisotopic (exact) mass is 308 g/mol. The fourth-order valence-electron chi connectivity index (χ4n) is 1.70. The van der Waals surface area contributed by atoms with Crippen molar-refractivity contribution in [3.05, 3.63) is 64.1 Å². The fraction of sp³-hybridized carbons (Fsp3) is 0.133. The summed E-state index contributed by atoms with van der Waals surface area (Å²) in [6, 6.07) is 14.9. The van der Waals surface area contributed by atoms with Gasteiger partial charge in [-0.25, -0.2) is 0 Å². The Balaban J connectivity index is 1.79. The quantitative estimate of drug-likeness (QED) is 0.884. The zero-order chi connectivity index (χ0) is 14.4. The second-order valence-corrected chi connectivity index (χ2v) is 5.08. The molecule has 0 aliphatic rings. The molecule has 1 amide bonds. The molecule has 0 aromatic heterocycles. The summed E-state index contributed by atoms with van der Waals surface area (Å²) in [7, 11) is 0. The minimum absolute atomic E-state index is 0.126. The van der Waals surface area contributed by atoms with E-state index in [9.17, 15) is 4.79 Å². The fourth-order valence-corrected chi connectivity index (χ4v) is 1.99. The number of nitrogens with one attached hydrogen (secondary N) is 2. The van der Waals surface area contributed by atoms with Crippen LogP contribution in [0.5, 0.6) is 0 Å². The number of anilines is 1. The van der Waals surface area contributed by atoms with E-state index in [1.807, 2.05) is 30.3 Å². The predicted octanol–water partition coefficient (Wildman–Crippen LogP) is 3.72. The van der Waals surface area contributed by atoms with Crippen LogP contribution in [0, 0.1) is 0 Å². The third kappa shape index (κ3) is 4.53. The van der Waals surface area contributed by atoms with Crippen LogP contribution in [-0.2, 0) is 11.3 Å². The summed E-state index contributed by atoms with van der Waals surface area (Å²) in [6.07, 6.45) is 0. The summed E-state index contributed by atoms with van der Waals surface area (Å²) >= 11 is 11.7. The summed E-state index contributed by atoms with van der Waals surface area (Å²) < 4.78 is 0. The minimum Gasteiger partial charge on any atom is -0.325 e. The van der Waals surface area contributed by atoms with E-state index in [0.717, 1.165) is 5.56 Å². The number of hydrogen-bond donors (Lipinski definition) is 2. The van der Waals surface area contributed by atoms with Gasteiger partial charge >= 0.3 is 0 Å². The molecular formula is C15H14Cl2N2O. The smallest absolute Gasteiger partial charge is 0.238 e. The molecule has 3 nitrogen and oxygen atoms in total. The first-order chi connectivity index (χ1) is 9.65. The van der Waals surface area contributed by atoms with Crippen LogP contribution in [0.15, 0.2) is 48.5 Å². The number of hydrogen-bond acceptors (Lipinski definition) is 2. The Kier molecular flexibility index (Phi) is 5.41. The summed E-state index contributed by atoms with van der Waals surface area (Å²) in [6.45, 7) is 0.880. The van der Waals surface area contributed by atoms with E-state index < -0.39 is 0 Å². The Morgan fingerprint density at radius 1 is 1.00 bits per heavy atom. The van der Waals surface area contributed by atoms with E-state index in [4.69, 9.17) is 23.2 Å². The molecule has 0 saturated carbocycles. The molecule has 5 heteroatoms. The number of rotatable bonds is 5. The molecule has 0 aliphatic heterocycles. The van der Waals surface area contributed by atoms with Gasteiger partial charge in [-0.2, -0.15) is 0 Å². The number of carbonyl (C=O) groups is 1. The van der Waals surface area contributed by atoms with Crippen LogP contribution in [0.4, 0.5) is 5.69 Å². The van der Waals surface area contributed by atoms with E-state index >= 15 is 0 Å². The van der Waals surface area contributed by atoms with E-state index in [2.05, 4.69) is 10.6 Å². The van der Waals surface area contributed by atoms with Gasteiger partial charge in [-0.15, -0.1) is 0 Å². The number of benzene rings is 2. The van der Waals surface area contributed by atoms with Gasteiger partial charge in [0.1, 0.15) is 0 Å². The lowest BCUT2D eigenvalue weighted by molar-refractivity contribution is -0.115. The number of amides is 1. The Hall–Kier alpha value is -1.55. The summed E-state index contributed by atoms with van der Waals surface area (Å²) in [5.41, 5.74) is 1.76. The zero-order valence-electron chi connectivity index (χ0n) is 10.7. The molecule has 2 rings (SSSR count). The Morgan fingerprint density at radius 3 is 2.45 bits per heavy atom. The van der Waals surface area contributed by atoms with Crippen molar-refractivity contribution in [2.45, 2.75) is 6.54 Å². The second kappa shape index (κ2) is 7.29. The molecule has 2 aromatic rings.